The second-order valence-corrected chi connectivity index (χ2v) is 11.5. The second-order valence-electron chi connectivity index (χ2n) is 9.62. The van der Waals surface area contributed by atoms with E-state index in [-0.39, 0.29) is 17.3 Å². The molecule has 0 aromatic heterocycles. The Balaban J connectivity index is 1.54. The summed E-state index contributed by atoms with van der Waals surface area (Å²) in [6, 6.07) is 20.3. The van der Waals surface area contributed by atoms with Crippen LogP contribution in [0.5, 0.6) is 0 Å². The quantitative estimate of drug-likeness (QED) is 0.457. The number of rotatable bonds is 9. The topological polar surface area (TPSA) is 69.7 Å². The molecular weight excluding hydrogens is 470 g/mol. The average molecular weight is 506 g/mol. The van der Waals surface area contributed by atoms with Crippen molar-refractivity contribution in [2.75, 3.05) is 23.9 Å². The molecule has 1 heterocycles. The Labute approximate surface area is 215 Å². The molecule has 0 spiro atoms. The van der Waals surface area contributed by atoms with Crippen LogP contribution in [-0.2, 0) is 27.9 Å². The van der Waals surface area contributed by atoms with Gasteiger partial charge >= 0.3 is 0 Å². The van der Waals surface area contributed by atoms with E-state index in [4.69, 9.17) is 0 Å². The molecule has 6 nitrogen and oxygen atoms in total. The molecule has 3 aromatic carbocycles. The Morgan fingerprint density at radius 2 is 1.56 bits per heavy atom. The number of amides is 1. The van der Waals surface area contributed by atoms with Gasteiger partial charge in [-0.3, -0.25) is 14.0 Å². The van der Waals surface area contributed by atoms with E-state index in [9.17, 15) is 13.2 Å². The molecule has 1 aliphatic heterocycles. The highest BCUT2D eigenvalue weighted by molar-refractivity contribution is 7.92. The van der Waals surface area contributed by atoms with E-state index < -0.39 is 10.0 Å². The van der Waals surface area contributed by atoms with Gasteiger partial charge in [0.15, 0.2) is 0 Å². The number of benzene rings is 3. The number of hydrogen-bond acceptors (Lipinski definition) is 4. The summed E-state index contributed by atoms with van der Waals surface area (Å²) < 4.78 is 28.5. The van der Waals surface area contributed by atoms with Crippen molar-refractivity contribution in [1.82, 2.24) is 10.2 Å². The van der Waals surface area contributed by atoms with Crippen LogP contribution in [0.2, 0.25) is 0 Å². The van der Waals surface area contributed by atoms with Gasteiger partial charge in [0.1, 0.15) is 6.54 Å². The van der Waals surface area contributed by atoms with Crippen LogP contribution < -0.4 is 9.62 Å². The lowest BCUT2D eigenvalue weighted by molar-refractivity contribution is -0.119. The Morgan fingerprint density at radius 3 is 2.22 bits per heavy atom. The van der Waals surface area contributed by atoms with Crippen molar-refractivity contribution in [2.45, 2.75) is 51.6 Å². The number of hydrogen-bond donors (Lipinski definition) is 1. The molecule has 190 valence electrons. The number of carbonyl (C=O) groups is 1. The third-order valence-corrected chi connectivity index (χ3v) is 8.65. The van der Waals surface area contributed by atoms with Crippen molar-refractivity contribution >= 4 is 21.6 Å². The van der Waals surface area contributed by atoms with Gasteiger partial charge in [0, 0.05) is 13.1 Å². The lowest BCUT2D eigenvalue weighted by atomic mass is 10.1. The summed E-state index contributed by atoms with van der Waals surface area (Å²) >= 11 is 0. The van der Waals surface area contributed by atoms with E-state index in [1.807, 2.05) is 51.1 Å². The number of sulfonamides is 1. The standard InChI is InChI=1S/C29H35N3O3S/c1-22-10-14-28(15-11-22)36(34,35)32(27-13-12-23(2)24(3)18-27)21-29(33)30-19-25-8-4-5-9-26(25)20-31-16-6-7-17-31/h4-5,8-15,18H,6-7,16-17,19-21H2,1-3H3,(H,30,33). The van der Waals surface area contributed by atoms with Crippen molar-refractivity contribution < 1.29 is 13.2 Å². The first-order valence-electron chi connectivity index (χ1n) is 12.5. The van der Waals surface area contributed by atoms with Crippen LogP contribution in [0.3, 0.4) is 0 Å². The Hall–Kier alpha value is -3.16. The molecule has 1 saturated heterocycles. The molecule has 0 atom stereocenters. The predicted molar refractivity (Wildman–Crippen MR) is 144 cm³/mol. The summed E-state index contributed by atoms with van der Waals surface area (Å²) in [5, 5.41) is 2.96. The van der Waals surface area contributed by atoms with Crippen molar-refractivity contribution in [2.24, 2.45) is 0 Å². The van der Waals surface area contributed by atoms with E-state index >= 15 is 0 Å². The SMILES string of the molecule is Cc1ccc(S(=O)(=O)N(CC(=O)NCc2ccccc2CN2CCCC2)c2ccc(C)c(C)c2)cc1. The molecule has 1 N–H and O–H groups in total. The van der Waals surface area contributed by atoms with Crippen LogP contribution in [0.4, 0.5) is 5.69 Å². The molecule has 36 heavy (non-hydrogen) atoms. The first-order valence-corrected chi connectivity index (χ1v) is 13.9. The molecule has 3 aromatic rings. The smallest absolute Gasteiger partial charge is 0.264 e. The molecule has 7 heteroatoms. The van der Waals surface area contributed by atoms with Gasteiger partial charge in [0.2, 0.25) is 5.91 Å². The second kappa shape index (κ2) is 11.3. The molecule has 1 aliphatic rings. The van der Waals surface area contributed by atoms with Crippen LogP contribution in [-0.4, -0.2) is 38.9 Å². The fraction of sp³-hybridized carbons (Fsp3) is 0.345. The third kappa shape index (κ3) is 6.15. The van der Waals surface area contributed by atoms with Crippen LogP contribution in [0.1, 0.15) is 40.7 Å². The summed E-state index contributed by atoms with van der Waals surface area (Å²) in [7, 11) is -3.94. The highest BCUT2D eigenvalue weighted by Gasteiger charge is 2.27. The van der Waals surface area contributed by atoms with E-state index in [0.717, 1.165) is 41.9 Å². The highest BCUT2D eigenvalue weighted by atomic mass is 32.2. The summed E-state index contributed by atoms with van der Waals surface area (Å²) in [6.45, 7) is 8.94. The van der Waals surface area contributed by atoms with Gasteiger partial charge in [-0.1, -0.05) is 48.0 Å². The lowest BCUT2D eigenvalue weighted by Crippen LogP contribution is -2.40. The van der Waals surface area contributed by atoms with Crippen molar-refractivity contribution in [3.8, 4) is 0 Å². The minimum absolute atomic E-state index is 0.162. The van der Waals surface area contributed by atoms with Gasteiger partial charge in [-0.25, -0.2) is 8.42 Å². The fourth-order valence-electron chi connectivity index (χ4n) is 4.48. The Bertz CT molecular complexity index is 1310. The first-order chi connectivity index (χ1) is 17.2. The number of nitrogens with zero attached hydrogens (tertiary/aromatic N) is 2. The zero-order valence-corrected chi connectivity index (χ0v) is 22.1. The minimum Gasteiger partial charge on any atom is -0.350 e. The lowest BCUT2D eigenvalue weighted by Gasteiger charge is -2.25. The van der Waals surface area contributed by atoms with Gasteiger partial charge in [-0.15, -0.1) is 0 Å². The molecule has 0 bridgehead atoms. The van der Waals surface area contributed by atoms with Crippen molar-refractivity contribution in [3.63, 3.8) is 0 Å². The fourth-order valence-corrected chi connectivity index (χ4v) is 5.89. The summed E-state index contributed by atoms with van der Waals surface area (Å²) in [5.74, 6) is -0.347. The van der Waals surface area contributed by atoms with E-state index in [2.05, 4.69) is 16.3 Å². The number of carbonyl (C=O) groups excluding carboxylic acids is 1. The van der Waals surface area contributed by atoms with Crippen molar-refractivity contribution in [1.29, 1.82) is 0 Å². The van der Waals surface area contributed by atoms with Crippen LogP contribution >= 0.6 is 0 Å². The van der Waals surface area contributed by atoms with Crippen LogP contribution in [0, 0.1) is 20.8 Å². The first kappa shape index (κ1) is 25.9. The molecule has 0 aliphatic carbocycles. The van der Waals surface area contributed by atoms with Gasteiger partial charge < -0.3 is 5.32 Å². The monoisotopic (exact) mass is 505 g/mol. The molecule has 0 radical (unpaired) electrons. The summed E-state index contributed by atoms with van der Waals surface area (Å²) in [4.78, 5) is 15.7. The van der Waals surface area contributed by atoms with Gasteiger partial charge in [0.05, 0.1) is 10.6 Å². The normalized spacial score (nSPS) is 14.1. The Kier molecular flexibility index (Phi) is 8.11. The molecule has 1 fully saturated rings. The Morgan fingerprint density at radius 1 is 0.889 bits per heavy atom. The van der Waals surface area contributed by atoms with Gasteiger partial charge in [-0.2, -0.15) is 0 Å². The molecular formula is C29H35N3O3S. The van der Waals surface area contributed by atoms with Crippen LogP contribution in [0.25, 0.3) is 0 Å². The average Bonchev–Trinajstić information content (AvgIpc) is 3.37. The maximum Gasteiger partial charge on any atom is 0.264 e. The zero-order chi connectivity index (χ0) is 25.7. The number of nitrogens with one attached hydrogen (secondary N) is 1. The predicted octanol–water partition coefficient (Wildman–Crippen LogP) is 4.72. The molecule has 1 amide bonds. The van der Waals surface area contributed by atoms with Gasteiger partial charge in [-0.05, 0) is 93.2 Å². The van der Waals surface area contributed by atoms with E-state index in [0.29, 0.717) is 12.2 Å². The van der Waals surface area contributed by atoms with E-state index in [1.54, 1.807) is 30.3 Å². The molecule has 0 saturated carbocycles. The zero-order valence-electron chi connectivity index (χ0n) is 21.3. The number of likely N-dealkylation sites (tertiary alicyclic amines) is 1. The minimum atomic E-state index is -3.94. The van der Waals surface area contributed by atoms with Gasteiger partial charge in [0.25, 0.3) is 10.0 Å². The maximum absolute atomic E-state index is 13.6. The largest absolute Gasteiger partial charge is 0.350 e. The van der Waals surface area contributed by atoms with Crippen molar-refractivity contribution in [3.05, 3.63) is 94.5 Å². The summed E-state index contributed by atoms with van der Waals surface area (Å²) in [6.07, 6.45) is 2.45. The van der Waals surface area contributed by atoms with E-state index in [1.165, 1.54) is 22.7 Å². The maximum atomic E-state index is 13.6. The van der Waals surface area contributed by atoms with Crippen LogP contribution in [0.15, 0.2) is 71.6 Å². The number of aryl methyl sites for hydroxylation is 3. The molecule has 0 unspecified atom stereocenters. The third-order valence-electron chi connectivity index (χ3n) is 6.86. The molecule has 4 rings (SSSR count). The highest BCUT2D eigenvalue weighted by Crippen LogP contribution is 2.26. The number of anilines is 1. The summed E-state index contributed by atoms with van der Waals surface area (Å²) in [5.41, 5.74) is 5.72.